The van der Waals surface area contributed by atoms with Gasteiger partial charge in [-0.1, -0.05) is 0 Å². The first-order valence-electron chi connectivity index (χ1n) is 8.82. The third-order valence-electron chi connectivity index (χ3n) is 4.72. The van der Waals surface area contributed by atoms with Crippen molar-refractivity contribution in [3.8, 4) is 5.82 Å². The first-order chi connectivity index (χ1) is 13.3. The van der Waals surface area contributed by atoms with E-state index in [9.17, 15) is 0 Å². The molecule has 1 aliphatic heterocycles. The van der Waals surface area contributed by atoms with E-state index >= 15 is 0 Å². The highest BCUT2D eigenvalue weighted by Crippen LogP contribution is 2.28. The molecule has 0 saturated carbocycles. The second-order valence-electron chi connectivity index (χ2n) is 6.46. The van der Waals surface area contributed by atoms with Gasteiger partial charge in [-0.15, -0.1) is 21.5 Å². The van der Waals surface area contributed by atoms with Crippen molar-refractivity contribution in [2.24, 2.45) is 0 Å². The SMILES string of the molecule is Cc1ccn(-c2ccc(N3CCN(c4ncnc5ccsc45)CC3)nn2)n1. The Kier molecular flexibility index (Phi) is 3.93. The number of hydrogen-bond acceptors (Lipinski definition) is 8. The highest BCUT2D eigenvalue weighted by atomic mass is 32.1. The van der Waals surface area contributed by atoms with Crippen molar-refractivity contribution in [2.45, 2.75) is 6.92 Å². The van der Waals surface area contributed by atoms with Gasteiger partial charge in [0.05, 0.1) is 15.9 Å². The molecule has 0 aliphatic carbocycles. The van der Waals surface area contributed by atoms with Crippen molar-refractivity contribution in [1.29, 1.82) is 0 Å². The standard InChI is InChI=1S/C18H18N8S/c1-13-4-6-26(23-13)16-3-2-15(21-22-16)24-7-9-25(10-8-24)18-17-14(5-11-27-17)19-12-20-18/h2-6,11-12H,7-10H2,1H3. The maximum atomic E-state index is 4.52. The van der Waals surface area contributed by atoms with Gasteiger partial charge >= 0.3 is 0 Å². The van der Waals surface area contributed by atoms with Crippen molar-refractivity contribution in [3.05, 3.63) is 47.9 Å². The molecule has 9 heteroatoms. The fourth-order valence-corrected chi connectivity index (χ4v) is 4.16. The maximum Gasteiger partial charge on any atom is 0.175 e. The van der Waals surface area contributed by atoms with E-state index in [1.54, 1.807) is 22.3 Å². The molecule has 1 saturated heterocycles. The summed E-state index contributed by atoms with van der Waals surface area (Å²) in [7, 11) is 0. The van der Waals surface area contributed by atoms with Gasteiger partial charge in [0.25, 0.3) is 0 Å². The first kappa shape index (κ1) is 16.1. The van der Waals surface area contributed by atoms with Crippen molar-refractivity contribution in [3.63, 3.8) is 0 Å². The number of thiophene rings is 1. The zero-order valence-electron chi connectivity index (χ0n) is 14.9. The van der Waals surface area contributed by atoms with Crippen LogP contribution in [0, 0.1) is 6.92 Å². The van der Waals surface area contributed by atoms with Crippen molar-refractivity contribution >= 4 is 33.2 Å². The summed E-state index contributed by atoms with van der Waals surface area (Å²) in [4.78, 5) is 13.4. The van der Waals surface area contributed by atoms with Crippen LogP contribution in [0.4, 0.5) is 11.6 Å². The van der Waals surface area contributed by atoms with Crippen molar-refractivity contribution in [2.75, 3.05) is 36.0 Å². The molecule has 0 atom stereocenters. The summed E-state index contributed by atoms with van der Waals surface area (Å²) in [6.07, 6.45) is 3.54. The number of rotatable bonds is 3. The van der Waals surface area contributed by atoms with Crippen LogP contribution in [0.25, 0.3) is 16.0 Å². The molecule has 0 N–H and O–H groups in total. The Bertz CT molecular complexity index is 1060. The summed E-state index contributed by atoms with van der Waals surface area (Å²) in [6.45, 7) is 5.51. The van der Waals surface area contributed by atoms with Crippen molar-refractivity contribution in [1.82, 2.24) is 29.9 Å². The number of nitrogens with zero attached hydrogens (tertiary/aromatic N) is 8. The quantitative estimate of drug-likeness (QED) is 0.541. The normalized spacial score (nSPS) is 14.9. The van der Waals surface area contributed by atoms with Gasteiger partial charge in [0.2, 0.25) is 0 Å². The summed E-state index contributed by atoms with van der Waals surface area (Å²) in [5, 5.41) is 15.2. The number of fused-ring (bicyclic) bond motifs is 1. The molecule has 0 radical (unpaired) electrons. The lowest BCUT2D eigenvalue weighted by atomic mass is 10.3. The summed E-state index contributed by atoms with van der Waals surface area (Å²) in [6, 6.07) is 7.96. The van der Waals surface area contributed by atoms with Crippen LogP contribution in [0.15, 0.2) is 42.2 Å². The highest BCUT2D eigenvalue weighted by molar-refractivity contribution is 7.17. The molecule has 0 spiro atoms. The van der Waals surface area contributed by atoms with E-state index in [0.29, 0.717) is 0 Å². The predicted molar refractivity (Wildman–Crippen MR) is 106 cm³/mol. The zero-order chi connectivity index (χ0) is 18.2. The Balaban J connectivity index is 1.30. The van der Waals surface area contributed by atoms with Gasteiger partial charge in [-0.25, -0.2) is 14.6 Å². The predicted octanol–water partition coefficient (Wildman–Crippen LogP) is 2.30. The minimum absolute atomic E-state index is 0.728. The monoisotopic (exact) mass is 378 g/mol. The maximum absolute atomic E-state index is 4.52. The van der Waals surface area contributed by atoms with Crippen LogP contribution in [0.3, 0.4) is 0 Å². The smallest absolute Gasteiger partial charge is 0.175 e. The molecule has 5 heterocycles. The average molecular weight is 378 g/mol. The molecule has 5 rings (SSSR count). The van der Waals surface area contributed by atoms with E-state index < -0.39 is 0 Å². The number of aryl methyl sites for hydroxylation is 1. The van der Waals surface area contributed by atoms with Gasteiger partial charge in [-0.3, -0.25) is 0 Å². The second-order valence-corrected chi connectivity index (χ2v) is 7.37. The molecule has 1 fully saturated rings. The van der Waals surface area contributed by atoms with Crippen LogP contribution in [0.1, 0.15) is 5.69 Å². The van der Waals surface area contributed by atoms with Gasteiger partial charge in [-0.2, -0.15) is 5.10 Å². The van der Waals surface area contributed by atoms with Gasteiger partial charge in [-0.05, 0) is 36.6 Å². The molecule has 27 heavy (non-hydrogen) atoms. The average Bonchev–Trinajstić information content (AvgIpc) is 3.37. The summed E-state index contributed by atoms with van der Waals surface area (Å²) in [5.41, 5.74) is 1.98. The largest absolute Gasteiger partial charge is 0.352 e. The molecule has 8 nitrogen and oxygen atoms in total. The minimum atomic E-state index is 0.728. The van der Waals surface area contributed by atoms with E-state index in [1.165, 1.54) is 0 Å². The number of aromatic nitrogens is 6. The topological polar surface area (TPSA) is 75.9 Å². The lowest BCUT2D eigenvalue weighted by Gasteiger charge is -2.35. The van der Waals surface area contributed by atoms with Crippen LogP contribution < -0.4 is 9.80 Å². The van der Waals surface area contributed by atoms with Gasteiger partial charge in [0.15, 0.2) is 11.6 Å². The lowest BCUT2D eigenvalue weighted by molar-refractivity contribution is 0.638. The van der Waals surface area contributed by atoms with Crippen LogP contribution >= 0.6 is 11.3 Å². The van der Waals surface area contributed by atoms with E-state index in [0.717, 1.165) is 59.5 Å². The first-order valence-corrected chi connectivity index (χ1v) is 9.70. The van der Waals surface area contributed by atoms with Crippen LogP contribution in [-0.2, 0) is 0 Å². The molecule has 4 aromatic rings. The van der Waals surface area contributed by atoms with Crippen LogP contribution in [0.2, 0.25) is 0 Å². The van der Waals surface area contributed by atoms with E-state index in [4.69, 9.17) is 0 Å². The summed E-state index contributed by atoms with van der Waals surface area (Å²) < 4.78 is 2.90. The molecule has 136 valence electrons. The second kappa shape index (κ2) is 6.58. The fraction of sp³-hybridized carbons (Fsp3) is 0.278. The summed E-state index contributed by atoms with van der Waals surface area (Å²) >= 11 is 1.70. The van der Waals surface area contributed by atoms with Gasteiger partial charge in [0, 0.05) is 32.4 Å². The third-order valence-corrected chi connectivity index (χ3v) is 5.62. The Morgan fingerprint density at radius 1 is 0.889 bits per heavy atom. The molecule has 4 aromatic heterocycles. The van der Waals surface area contributed by atoms with E-state index in [2.05, 4.69) is 40.4 Å². The minimum Gasteiger partial charge on any atom is -0.352 e. The molecule has 0 aromatic carbocycles. The molecule has 0 amide bonds. The fourth-order valence-electron chi connectivity index (χ4n) is 3.30. The van der Waals surface area contributed by atoms with E-state index in [-0.39, 0.29) is 0 Å². The number of anilines is 2. The number of piperazine rings is 1. The molecule has 0 unspecified atom stereocenters. The molecule has 1 aliphatic rings. The molecular formula is C18H18N8S. The van der Waals surface area contributed by atoms with Crippen molar-refractivity contribution < 1.29 is 0 Å². The van der Waals surface area contributed by atoms with E-state index in [1.807, 2.05) is 37.4 Å². The molecular weight excluding hydrogens is 360 g/mol. The number of hydrogen-bond donors (Lipinski definition) is 0. The Morgan fingerprint density at radius 2 is 1.67 bits per heavy atom. The summed E-state index contributed by atoms with van der Waals surface area (Å²) in [5.74, 6) is 2.66. The zero-order valence-corrected chi connectivity index (χ0v) is 15.7. The Hall–Kier alpha value is -3.07. The Labute approximate surface area is 160 Å². The van der Waals surface area contributed by atoms with Crippen LogP contribution in [0.5, 0.6) is 0 Å². The van der Waals surface area contributed by atoms with Gasteiger partial charge in [0.1, 0.15) is 12.1 Å². The van der Waals surface area contributed by atoms with Gasteiger partial charge < -0.3 is 9.80 Å². The Morgan fingerprint density at radius 3 is 2.41 bits per heavy atom. The van der Waals surface area contributed by atoms with Crippen LogP contribution in [-0.4, -0.2) is 56.1 Å². The lowest BCUT2D eigenvalue weighted by Crippen LogP contribution is -2.47. The molecule has 0 bridgehead atoms. The highest BCUT2D eigenvalue weighted by Gasteiger charge is 2.21. The third kappa shape index (κ3) is 2.99.